The van der Waals surface area contributed by atoms with Crippen molar-refractivity contribution >= 4 is 17.4 Å². The monoisotopic (exact) mass is 269 g/mol. The second-order valence-electron chi connectivity index (χ2n) is 5.05. The summed E-state index contributed by atoms with van der Waals surface area (Å²) in [6.07, 6.45) is 1.64. The van der Waals surface area contributed by atoms with Crippen molar-refractivity contribution in [1.82, 2.24) is 4.98 Å². The Morgan fingerprint density at radius 1 is 1.10 bits per heavy atom. The number of aromatic nitrogens is 1. The molecule has 20 heavy (non-hydrogen) atoms. The number of carbonyl (C=O) groups excluding carboxylic acids is 1. The van der Waals surface area contributed by atoms with Crippen LogP contribution in [0, 0.1) is 13.8 Å². The molecule has 0 aliphatic rings. The molecule has 0 radical (unpaired) electrons. The Bertz CT molecular complexity index is 635. The minimum absolute atomic E-state index is 0.126. The Morgan fingerprint density at radius 3 is 2.50 bits per heavy atom. The van der Waals surface area contributed by atoms with Crippen LogP contribution in [0.15, 0.2) is 36.5 Å². The maximum atomic E-state index is 12.2. The highest BCUT2D eigenvalue weighted by Crippen LogP contribution is 2.16. The average molecular weight is 269 g/mol. The molecule has 0 unspecified atom stereocenters. The fourth-order valence-electron chi connectivity index (χ4n) is 1.83. The number of hydrogen-bond acceptors (Lipinski definition) is 3. The van der Waals surface area contributed by atoms with Gasteiger partial charge in [0.1, 0.15) is 5.82 Å². The van der Waals surface area contributed by atoms with Crippen molar-refractivity contribution in [2.45, 2.75) is 13.8 Å². The van der Waals surface area contributed by atoms with E-state index in [0.29, 0.717) is 5.56 Å². The summed E-state index contributed by atoms with van der Waals surface area (Å²) in [7, 11) is 3.79. The van der Waals surface area contributed by atoms with Crippen LogP contribution < -0.4 is 10.2 Å². The van der Waals surface area contributed by atoms with Crippen LogP contribution in [0.3, 0.4) is 0 Å². The van der Waals surface area contributed by atoms with Crippen molar-refractivity contribution < 1.29 is 4.79 Å². The second kappa shape index (κ2) is 5.74. The number of benzene rings is 1. The zero-order chi connectivity index (χ0) is 14.7. The summed E-state index contributed by atoms with van der Waals surface area (Å²) >= 11 is 0. The van der Waals surface area contributed by atoms with E-state index in [1.54, 1.807) is 18.3 Å². The standard InChI is InChI=1S/C16H19N3O/c1-11-5-6-14(9-12(11)2)18-16(20)13-7-8-17-15(10-13)19(3)4/h5-10H,1-4H3,(H,18,20). The van der Waals surface area contributed by atoms with Crippen LogP contribution >= 0.6 is 0 Å². The molecule has 0 saturated heterocycles. The minimum Gasteiger partial charge on any atom is -0.363 e. The van der Waals surface area contributed by atoms with Crippen LogP contribution in [0.2, 0.25) is 0 Å². The maximum absolute atomic E-state index is 12.2. The summed E-state index contributed by atoms with van der Waals surface area (Å²) in [4.78, 5) is 18.3. The van der Waals surface area contributed by atoms with Crippen LogP contribution in [0.25, 0.3) is 0 Å². The number of carbonyl (C=O) groups is 1. The SMILES string of the molecule is Cc1ccc(NC(=O)c2ccnc(N(C)C)c2)cc1C. The van der Waals surface area contributed by atoms with Crippen molar-refractivity contribution in [2.24, 2.45) is 0 Å². The van der Waals surface area contributed by atoms with Gasteiger partial charge in [0, 0.05) is 31.5 Å². The summed E-state index contributed by atoms with van der Waals surface area (Å²) in [6.45, 7) is 4.08. The van der Waals surface area contributed by atoms with Crippen LogP contribution in [-0.4, -0.2) is 25.0 Å². The molecular formula is C16H19N3O. The number of rotatable bonds is 3. The number of pyridine rings is 1. The van der Waals surface area contributed by atoms with Crippen molar-refractivity contribution in [2.75, 3.05) is 24.3 Å². The quantitative estimate of drug-likeness (QED) is 0.931. The van der Waals surface area contributed by atoms with Crippen molar-refractivity contribution in [3.8, 4) is 0 Å². The molecule has 1 N–H and O–H groups in total. The fraction of sp³-hybridized carbons (Fsp3) is 0.250. The van der Waals surface area contributed by atoms with Crippen molar-refractivity contribution in [1.29, 1.82) is 0 Å². The third kappa shape index (κ3) is 3.15. The van der Waals surface area contributed by atoms with Gasteiger partial charge < -0.3 is 10.2 Å². The summed E-state index contributed by atoms with van der Waals surface area (Å²) in [5.41, 5.74) is 3.77. The largest absolute Gasteiger partial charge is 0.363 e. The van der Waals surface area contributed by atoms with E-state index in [1.165, 1.54) is 5.56 Å². The molecule has 1 aromatic heterocycles. The Morgan fingerprint density at radius 2 is 1.85 bits per heavy atom. The van der Waals surface area contributed by atoms with E-state index in [-0.39, 0.29) is 5.91 Å². The molecule has 0 aliphatic carbocycles. The van der Waals surface area contributed by atoms with E-state index in [4.69, 9.17) is 0 Å². The summed E-state index contributed by atoms with van der Waals surface area (Å²) in [6, 6.07) is 9.37. The van der Waals surface area contributed by atoms with E-state index < -0.39 is 0 Å². The van der Waals surface area contributed by atoms with Crippen molar-refractivity contribution in [3.05, 3.63) is 53.2 Å². The molecule has 4 nitrogen and oxygen atoms in total. The zero-order valence-corrected chi connectivity index (χ0v) is 12.3. The number of aryl methyl sites for hydroxylation is 2. The molecule has 2 rings (SSSR count). The van der Waals surface area contributed by atoms with Gasteiger partial charge in [0.2, 0.25) is 0 Å². The molecule has 0 bridgehead atoms. The average Bonchev–Trinajstić information content (AvgIpc) is 2.43. The highest BCUT2D eigenvalue weighted by molar-refractivity contribution is 6.04. The lowest BCUT2D eigenvalue weighted by Crippen LogP contribution is -2.15. The molecule has 0 saturated carbocycles. The van der Waals surface area contributed by atoms with Gasteiger partial charge in [0.05, 0.1) is 0 Å². The number of hydrogen-bond donors (Lipinski definition) is 1. The van der Waals surface area contributed by atoms with Crippen LogP contribution in [0.5, 0.6) is 0 Å². The van der Waals surface area contributed by atoms with Gasteiger partial charge in [-0.3, -0.25) is 4.79 Å². The predicted octanol–water partition coefficient (Wildman–Crippen LogP) is 3.02. The lowest BCUT2D eigenvalue weighted by Gasteiger charge is -2.12. The van der Waals surface area contributed by atoms with Crippen molar-refractivity contribution in [3.63, 3.8) is 0 Å². The molecule has 0 spiro atoms. The van der Waals surface area contributed by atoms with E-state index in [2.05, 4.69) is 10.3 Å². The first kappa shape index (κ1) is 14.1. The molecule has 2 aromatic rings. The van der Waals surface area contributed by atoms with E-state index in [1.807, 2.05) is 51.0 Å². The van der Waals surface area contributed by atoms with Gasteiger partial charge in [-0.15, -0.1) is 0 Å². The number of nitrogens with one attached hydrogen (secondary N) is 1. The first-order chi connectivity index (χ1) is 9.47. The highest BCUT2D eigenvalue weighted by Gasteiger charge is 2.08. The topological polar surface area (TPSA) is 45.2 Å². The van der Waals surface area contributed by atoms with Gasteiger partial charge in [-0.2, -0.15) is 0 Å². The Kier molecular flexibility index (Phi) is 4.03. The summed E-state index contributed by atoms with van der Waals surface area (Å²) in [5.74, 6) is 0.636. The van der Waals surface area contributed by atoms with Crippen LogP contribution in [0.1, 0.15) is 21.5 Å². The molecule has 1 amide bonds. The summed E-state index contributed by atoms with van der Waals surface area (Å²) < 4.78 is 0. The van der Waals surface area contributed by atoms with Gasteiger partial charge in [0.15, 0.2) is 0 Å². The molecule has 0 fully saturated rings. The van der Waals surface area contributed by atoms with Gasteiger partial charge in [-0.05, 0) is 49.2 Å². The molecule has 1 aromatic carbocycles. The highest BCUT2D eigenvalue weighted by atomic mass is 16.1. The first-order valence-corrected chi connectivity index (χ1v) is 6.49. The first-order valence-electron chi connectivity index (χ1n) is 6.49. The summed E-state index contributed by atoms with van der Waals surface area (Å²) in [5, 5.41) is 2.91. The van der Waals surface area contributed by atoms with E-state index in [9.17, 15) is 4.79 Å². The van der Waals surface area contributed by atoms with E-state index >= 15 is 0 Å². The Labute approximate surface area is 119 Å². The number of amides is 1. The zero-order valence-electron chi connectivity index (χ0n) is 12.3. The van der Waals surface area contributed by atoms with Gasteiger partial charge in [0.25, 0.3) is 5.91 Å². The lowest BCUT2D eigenvalue weighted by molar-refractivity contribution is 0.102. The van der Waals surface area contributed by atoms with Gasteiger partial charge in [-0.1, -0.05) is 6.07 Å². The number of nitrogens with zero attached hydrogens (tertiary/aromatic N) is 2. The molecule has 0 atom stereocenters. The minimum atomic E-state index is -0.126. The Balaban J connectivity index is 2.19. The second-order valence-corrected chi connectivity index (χ2v) is 5.05. The normalized spacial score (nSPS) is 10.2. The van der Waals surface area contributed by atoms with Gasteiger partial charge >= 0.3 is 0 Å². The molecule has 0 aliphatic heterocycles. The third-order valence-corrected chi connectivity index (χ3v) is 3.23. The number of anilines is 2. The van der Waals surface area contributed by atoms with E-state index in [0.717, 1.165) is 17.1 Å². The van der Waals surface area contributed by atoms with Crippen LogP contribution in [0.4, 0.5) is 11.5 Å². The lowest BCUT2D eigenvalue weighted by atomic mass is 10.1. The molecular weight excluding hydrogens is 250 g/mol. The molecule has 1 heterocycles. The molecule has 104 valence electrons. The maximum Gasteiger partial charge on any atom is 0.255 e. The van der Waals surface area contributed by atoms with Gasteiger partial charge in [-0.25, -0.2) is 4.98 Å². The smallest absolute Gasteiger partial charge is 0.255 e. The fourth-order valence-corrected chi connectivity index (χ4v) is 1.83. The third-order valence-electron chi connectivity index (χ3n) is 3.23. The molecule has 4 heteroatoms. The Hall–Kier alpha value is -2.36. The predicted molar refractivity (Wildman–Crippen MR) is 82.4 cm³/mol. The van der Waals surface area contributed by atoms with Crippen LogP contribution in [-0.2, 0) is 0 Å².